The predicted molar refractivity (Wildman–Crippen MR) is 84.7 cm³/mol. The second-order valence-corrected chi connectivity index (χ2v) is 6.25. The number of hydrogen-bond donors (Lipinski definition) is 1. The molecule has 1 unspecified atom stereocenters. The number of piperidine rings is 1. The Morgan fingerprint density at radius 3 is 2.91 bits per heavy atom. The van der Waals surface area contributed by atoms with Crippen molar-refractivity contribution in [1.29, 1.82) is 0 Å². The second kappa shape index (κ2) is 7.70. The van der Waals surface area contributed by atoms with E-state index in [1.807, 2.05) is 17.0 Å². The average Bonchev–Trinajstić information content (AvgIpc) is 2.61. The van der Waals surface area contributed by atoms with Crippen molar-refractivity contribution in [3.63, 3.8) is 0 Å². The molecule has 2 fully saturated rings. The summed E-state index contributed by atoms with van der Waals surface area (Å²) in [6.45, 7) is 4.52. The minimum Gasteiger partial charge on any atom is -0.376 e. The lowest BCUT2D eigenvalue weighted by Gasteiger charge is -2.33. The van der Waals surface area contributed by atoms with Crippen LogP contribution in [0, 0.1) is 5.92 Å². The molecule has 2 aliphatic heterocycles. The van der Waals surface area contributed by atoms with E-state index in [1.54, 1.807) is 12.4 Å². The zero-order valence-electron chi connectivity index (χ0n) is 13.0. The van der Waals surface area contributed by atoms with Gasteiger partial charge in [-0.2, -0.15) is 0 Å². The molecule has 0 aromatic carbocycles. The van der Waals surface area contributed by atoms with Gasteiger partial charge in [-0.1, -0.05) is 0 Å². The van der Waals surface area contributed by atoms with Gasteiger partial charge in [-0.05, 0) is 43.7 Å². The standard InChI is InChI=1S/C17H25N3O2/c21-17(15-2-1-7-18-12-15)20-9-5-14(6-10-20)3-4-16-13-19-8-11-22-16/h1-2,7,12,14,16,19H,3-6,8-11,13H2. The van der Waals surface area contributed by atoms with E-state index < -0.39 is 0 Å². The molecule has 0 saturated carbocycles. The first-order valence-corrected chi connectivity index (χ1v) is 8.34. The van der Waals surface area contributed by atoms with Crippen molar-refractivity contribution >= 4 is 5.91 Å². The summed E-state index contributed by atoms with van der Waals surface area (Å²) in [6.07, 6.45) is 8.28. The van der Waals surface area contributed by atoms with Crippen molar-refractivity contribution in [2.45, 2.75) is 31.8 Å². The third-order valence-corrected chi connectivity index (χ3v) is 4.71. The Hall–Kier alpha value is -1.46. The molecular weight excluding hydrogens is 278 g/mol. The van der Waals surface area contributed by atoms with Gasteiger partial charge in [-0.3, -0.25) is 9.78 Å². The van der Waals surface area contributed by atoms with Crippen molar-refractivity contribution in [3.8, 4) is 0 Å². The summed E-state index contributed by atoms with van der Waals surface area (Å²) in [5.41, 5.74) is 0.697. The van der Waals surface area contributed by atoms with E-state index in [0.717, 1.165) is 58.0 Å². The first kappa shape index (κ1) is 15.4. The normalized spacial score (nSPS) is 23.5. The highest BCUT2D eigenvalue weighted by Gasteiger charge is 2.24. The summed E-state index contributed by atoms with van der Waals surface area (Å²) in [5.74, 6) is 0.842. The fraction of sp³-hybridized carbons (Fsp3) is 0.647. The summed E-state index contributed by atoms with van der Waals surface area (Å²) in [5, 5.41) is 3.38. The van der Waals surface area contributed by atoms with E-state index in [-0.39, 0.29) is 5.91 Å². The molecule has 2 aliphatic rings. The molecule has 22 heavy (non-hydrogen) atoms. The van der Waals surface area contributed by atoms with Gasteiger partial charge in [0.25, 0.3) is 5.91 Å². The number of carbonyl (C=O) groups is 1. The van der Waals surface area contributed by atoms with Gasteiger partial charge in [0.2, 0.25) is 0 Å². The number of nitrogens with zero attached hydrogens (tertiary/aromatic N) is 2. The molecule has 120 valence electrons. The zero-order valence-corrected chi connectivity index (χ0v) is 13.0. The van der Waals surface area contributed by atoms with Crippen LogP contribution < -0.4 is 5.32 Å². The van der Waals surface area contributed by atoms with Crippen LogP contribution in [0.5, 0.6) is 0 Å². The number of hydrogen-bond acceptors (Lipinski definition) is 4. The summed E-state index contributed by atoms with van der Waals surface area (Å²) >= 11 is 0. The Bertz CT molecular complexity index is 466. The lowest BCUT2D eigenvalue weighted by Crippen LogP contribution is -2.40. The van der Waals surface area contributed by atoms with Crippen molar-refractivity contribution in [1.82, 2.24) is 15.2 Å². The topological polar surface area (TPSA) is 54.5 Å². The fourth-order valence-corrected chi connectivity index (χ4v) is 3.32. The first-order chi connectivity index (χ1) is 10.8. The van der Waals surface area contributed by atoms with Gasteiger partial charge >= 0.3 is 0 Å². The zero-order chi connectivity index (χ0) is 15.2. The van der Waals surface area contributed by atoms with Crippen LogP contribution in [0.25, 0.3) is 0 Å². The summed E-state index contributed by atoms with van der Waals surface area (Å²) in [4.78, 5) is 18.4. The highest BCUT2D eigenvalue weighted by Crippen LogP contribution is 2.24. The number of nitrogens with one attached hydrogen (secondary N) is 1. The van der Waals surface area contributed by atoms with E-state index in [2.05, 4.69) is 10.3 Å². The van der Waals surface area contributed by atoms with Gasteiger partial charge in [-0.15, -0.1) is 0 Å². The van der Waals surface area contributed by atoms with Crippen molar-refractivity contribution in [2.24, 2.45) is 5.92 Å². The number of amides is 1. The summed E-state index contributed by atoms with van der Waals surface area (Å²) in [6, 6.07) is 3.66. The number of morpholine rings is 1. The number of rotatable bonds is 4. The minimum absolute atomic E-state index is 0.117. The van der Waals surface area contributed by atoms with E-state index in [1.165, 1.54) is 6.42 Å². The predicted octanol–water partition coefficient (Wildman–Crippen LogP) is 1.70. The quantitative estimate of drug-likeness (QED) is 0.920. The van der Waals surface area contributed by atoms with Crippen LogP contribution in [0.4, 0.5) is 0 Å². The molecular formula is C17H25N3O2. The molecule has 3 rings (SSSR count). The number of likely N-dealkylation sites (tertiary alicyclic amines) is 1. The number of pyridine rings is 1. The van der Waals surface area contributed by atoms with E-state index in [4.69, 9.17) is 4.74 Å². The Morgan fingerprint density at radius 1 is 1.36 bits per heavy atom. The first-order valence-electron chi connectivity index (χ1n) is 8.34. The molecule has 0 radical (unpaired) electrons. The monoisotopic (exact) mass is 303 g/mol. The fourth-order valence-electron chi connectivity index (χ4n) is 3.32. The third kappa shape index (κ3) is 4.05. The van der Waals surface area contributed by atoms with Crippen molar-refractivity contribution in [3.05, 3.63) is 30.1 Å². The minimum atomic E-state index is 0.117. The SMILES string of the molecule is O=C(c1cccnc1)N1CCC(CCC2CNCCO2)CC1. The van der Waals surface area contributed by atoms with Gasteiger partial charge in [-0.25, -0.2) is 0 Å². The maximum atomic E-state index is 12.4. The third-order valence-electron chi connectivity index (χ3n) is 4.71. The smallest absolute Gasteiger partial charge is 0.255 e. The van der Waals surface area contributed by atoms with Crippen molar-refractivity contribution in [2.75, 3.05) is 32.8 Å². The largest absolute Gasteiger partial charge is 0.376 e. The second-order valence-electron chi connectivity index (χ2n) is 6.25. The summed E-state index contributed by atoms with van der Waals surface area (Å²) < 4.78 is 5.75. The Morgan fingerprint density at radius 2 is 2.23 bits per heavy atom. The maximum Gasteiger partial charge on any atom is 0.255 e. The number of carbonyl (C=O) groups excluding carboxylic acids is 1. The van der Waals surface area contributed by atoms with Gasteiger partial charge in [0.1, 0.15) is 0 Å². The Balaban J connectivity index is 1.41. The van der Waals surface area contributed by atoms with Crippen molar-refractivity contribution < 1.29 is 9.53 Å². The average molecular weight is 303 g/mol. The molecule has 2 saturated heterocycles. The van der Waals surface area contributed by atoms with Crippen LogP contribution >= 0.6 is 0 Å². The molecule has 1 atom stereocenters. The molecule has 0 aliphatic carbocycles. The van der Waals surface area contributed by atoms with Gasteiger partial charge < -0.3 is 15.0 Å². The van der Waals surface area contributed by atoms with E-state index in [0.29, 0.717) is 11.7 Å². The molecule has 1 N–H and O–H groups in total. The summed E-state index contributed by atoms with van der Waals surface area (Å²) in [7, 11) is 0. The Kier molecular flexibility index (Phi) is 5.40. The number of ether oxygens (including phenoxy) is 1. The molecule has 3 heterocycles. The molecule has 1 amide bonds. The van der Waals surface area contributed by atoms with Gasteiger partial charge in [0.15, 0.2) is 0 Å². The molecule has 1 aromatic heterocycles. The van der Waals surface area contributed by atoms with Crippen LogP contribution in [0.2, 0.25) is 0 Å². The van der Waals surface area contributed by atoms with Crippen LogP contribution in [0.15, 0.2) is 24.5 Å². The van der Waals surface area contributed by atoms with E-state index in [9.17, 15) is 4.79 Å². The molecule has 5 heteroatoms. The molecule has 0 spiro atoms. The van der Waals surface area contributed by atoms with Crippen LogP contribution in [0.1, 0.15) is 36.0 Å². The maximum absolute atomic E-state index is 12.4. The molecule has 1 aromatic rings. The van der Waals surface area contributed by atoms with E-state index >= 15 is 0 Å². The number of aromatic nitrogens is 1. The lowest BCUT2D eigenvalue weighted by molar-refractivity contribution is 0.0175. The molecule has 0 bridgehead atoms. The van der Waals surface area contributed by atoms with Crippen LogP contribution in [0.3, 0.4) is 0 Å². The van der Waals surface area contributed by atoms with Gasteiger partial charge in [0.05, 0.1) is 18.3 Å². The van der Waals surface area contributed by atoms with Crippen LogP contribution in [-0.2, 0) is 4.74 Å². The van der Waals surface area contributed by atoms with Crippen LogP contribution in [-0.4, -0.2) is 54.7 Å². The highest BCUT2D eigenvalue weighted by atomic mass is 16.5. The lowest BCUT2D eigenvalue weighted by atomic mass is 9.90. The highest BCUT2D eigenvalue weighted by molar-refractivity contribution is 5.93. The molecule has 5 nitrogen and oxygen atoms in total. The Labute approximate surface area is 132 Å². The van der Waals surface area contributed by atoms with Gasteiger partial charge in [0, 0.05) is 38.6 Å².